The quantitative estimate of drug-likeness (QED) is 0.755. The number of unbranched alkanes of at least 4 members (excludes halogenated alkanes) is 2. The fourth-order valence-corrected chi connectivity index (χ4v) is 1.97. The highest BCUT2D eigenvalue weighted by molar-refractivity contribution is 9.10. The predicted octanol–water partition coefficient (Wildman–Crippen LogP) is 2.96. The summed E-state index contributed by atoms with van der Waals surface area (Å²) >= 11 is 3.19. The molecule has 1 aromatic rings. The van der Waals surface area contributed by atoms with Crippen LogP contribution in [0.5, 0.6) is 0 Å². The van der Waals surface area contributed by atoms with Crippen molar-refractivity contribution in [3.63, 3.8) is 0 Å². The van der Waals surface area contributed by atoms with Crippen molar-refractivity contribution in [2.75, 3.05) is 6.54 Å². The monoisotopic (exact) mass is 331 g/mol. The summed E-state index contributed by atoms with van der Waals surface area (Å²) in [5.74, 6) is -1.62. The summed E-state index contributed by atoms with van der Waals surface area (Å²) in [5, 5.41) is 11.1. The lowest BCUT2D eigenvalue weighted by Crippen LogP contribution is -2.24. The van der Waals surface area contributed by atoms with Gasteiger partial charge in [-0.2, -0.15) is 0 Å². The number of carbonyl (C=O) groups excluding carboxylic acids is 1. The van der Waals surface area contributed by atoms with Crippen LogP contribution in [0.2, 0.25) is 0 Å². The Kier molecular flexibility index (Phi) is 6.49. The number of amides is 1. The standard InChI is InChI=1S/C13H15BrFNO3/c14-11-6-5-9(15)8-10(11)13(19)16-7-3-1-2-4-12(17)18/h5-6,8H,1-4,7H2,(H,16,19)(H,17,18). The molecule has 4 nitrogen and oxygen atoms in total. The fourth-order valence-electron chi connectivity index (χ4n) is 1.55. The van der Waals surface area contributed by atoms with E-state index in [4.69, 9.17) is 5.11 Å². The second-order valence-electron chi connectivity index (χ2n) is 4.08. The van der Waals surface area contributed by atoms with Gasteiger partial charge in [-0.15, -0.1) is 0 Å². The van der Waals surface area contributed by atoms with Crippen LogP contribution >= 0.6 is 15.9 Å². The van der Waals surface area contributed by atoms with Gasteiger partial charge in [0.2, 0.25) is 0 Å². The van der Waals surface area contributed by atoms with Crippen LogP contribution in [-0.4, -0.2) is 23.5 Å². The number of carboxylic acids is 1. The van der Waals surface area contributed by atoms with Crippen LogP contribution in [0, 0.1) is 5.82 Å². The average Bonchev–Trinajstić information content (AvgIpc) is 2.36. The first-order chi connectivity index (χ1) is 9.00. The minimum Gasteiger partial charge on any atom is -0.481 e. The number of carbonyl (C=O) groups is 2. The molecule has 104 valence electrons. The molecule has 0 atom stereocenters. The Labute approximate surface area is 119 Å². The van der Waals surface area contributed by atoms with Gasteiger partial charge in [0.15, 0.2) is 0 Å². The van der Waals surface area contributed by atoms with E-state index in [9.17, 15) is 14.0 Å². The molecular formula is C13H15BrFNO3. The Hall–Kier alpha value is -1.43. The van der Waals surface area contributed by atoms with Gasteiger partial charge in [-0.05, 0) is 47.0 Å². The topological polar surface area (TPSA) is 66.4 Å². The summed E-state index contributed by atoms with van der Waals surface area (Å²) in [7, 11) is 0. The van der Waals surface area contributed by atoms with E-state index in [1.165, 1.54) is 18.2 Å². The van der Waals surface area contributed by atoms with E-state index >= 15 is 0 Å². The molecule has 0 fully saturated rings. The Morgan fingerprint density at radius 2 is 2.00 bits per heavy atom. The summed E-state index contributed by atoms with van der Waals surface area (Å²) in [4.78, 5) is 22.0. The van der Waals surface area contributed by atoms with E-state index in [1.54, 1.807) is 0 Å². The molecule has 19 heavy (non-hydrogen) atoms. The van der Waals surface area contributed by atoms with E-state index in [0.29, 0.717) is 23.9 Å². The van der Waals surface area contributed by atoms with Gasteiger partial charge < -0.3 is 10.4 Å². The van der Waals surface area contributed by atoms with Crippen LogP contribution in [-0.2, 0) is 4.79 Å². The second kappa shape index (κ2) is 7.89. The molecule has 1 aromatic carbocycles. The zero-order valence-electron chi connectivity index (χ0n) is 10.3. The highest BCUT2D eigenvalue weighted by Crippen LogP contribution is 2.17. The van der Waals surface area contributed by atoms with Crippen molar-refractivity contribution in [3.05, 3.63) is 34.1 Å². The number of aliphatic carboxylic acids is 1. The summed E-state index contributed by atoms with van der Waals surface area (Å²) in [6.45, 7) is 0.446. The van der Waals surface area contributed by atoms with E-state index in [1.807, 2.05) is 0 Å². The first kappa shape index (κ1) is 15.6. The molecule has 0 aliphatic rings. The zero-order chi connectivity index (χ0) is 14.3. The lowest BCUT2D eigenvalue weighted by molar-refractivity contribution is -0.137. The number of nitrogens with one attached hydrogen (secondary N) is 1. The third kappa shape index (κ3) is 5.83. The zero-order valence-corrected chi connectivity index (χ0v) is 11.9. The lowest BCUT2D eigenvalue weighted by atomic mass is 10.2. The first-order valence-electron chi connectivity index (χ1n) is 5.95. The fraction of sp³-hybridized carbons (Fsp3) is 0.385. The van der Waals surface area contributed by atoms with Crippen LogP contribution in [0.3, 0.4) is 0 Å². The predicted molar refractivity (Wildman–Crippen MR) is 72.5 cm³/mol. The Balaban J connectivity index is 2.31. The Morgan fingerprint density at radius 1 is 1.26 bits per heavy atom. The molecule has 1 rings (SSSR count). The maximum Gasteiger partial charge on any atom is 0.303 e. The summed E-state index contributed by atoms with van der Waals surface area (Å²) in [6, 6.07) is 3.92. The number of hydrogen-bond acceptors (Lipinski definition) is 2. The smallest absolute Gasteiger partial charge is 0.303 e. The van der Waals surface area contributed by atoms with E-state index in [-0.39, 0.29) is 17.9 Å². The number of halogens is 2. The molecule has 0 saturated carbocycles. The molecule has 0 bridgehead atoms. The van der Waals surface area contributed by atoms with Gasteiger partial charge >= 0.3 is 5.97 Å². The third-order valence-electron chi connectivity index (χ3n) is 2.53. The van der Waals surface area contributed by atoms with Crippen molar-refractivity contribution < 1.29 is 19.1 Å². The largest absolute Gasteiger partial charge is 0.481 e. The minimum absolute atomic E-state index is 0.142. The summed E-state index contributed by atoms with van der Waals surface area (Å²) in [6.07, 6.45) is 2.17. The first-order valence-corrected chi connectivity index (χ1v) is 6.75. The molecule has 0 aliphatic heterocycles. The van der Waals surface area contributed by atoms with Crippen molar-refractivity contribution in [1.29, 1.82) is 0 Å². The van der Waals surface area contributed by atoms with Crippen LogP contribution in [0.1, 0.15) is 36.0 Å². The molecule has 0 aromatic heterocycles. The molecular weight excluding hydrogens is 317 g/mol. The molecule has 0 spiro atoms. The van der Waals surface area contributed by atoms with Gasteiger partial charge in [-0.25, -0.2) is 4.39 Å². The number of carboxylic acid groups (broad SMARTS) is 1. The number of rotatable bonds is 7. The summed E-state index contributed by atoms with van der Waals surface area (Å²) in [5.41, 5.74) is 0.255. The average molecular weight is 332 g/mol. The molecule has 0 unspecified atom stereocenters. The summed E-state index contributed by atoms with van der Waals surface area (Å²) < 4.78 is 13.6. The second-order valence-corrected chi connectivity index (χ2v) is 4.94. The van der Waals surface area contributed by atoms with Crippen LogP contribution in [0.4, 0.5) is 4.39 Å². The van der Waals surface area contributed by atoms with Gasteiger partial charge in [0.25, 0.3) is 5.91 Å². The van der Waals surface area contributed by atoms with Crippen molar-refractivity contribution >= 4 is 27.8 Å². The molecule has 0 saturated heterocycles. The molecule has 0 aliphatic carbocycles. The Bertz CT molecular complexity index is 465. The van der Waals surface area contributed by atoms with Gasteiger partial charge in [0, 0.05) is 17.4 Å². The minimum atomic E-state index is -0.812. The van der Waals surface area contributed by atoms with Crippen molar-refractivity contribution in [2.24, 2.45) is 0 Å². The Morgan fingerprint density at radius 3 is 2.68 bits per heavy atom. The van der Waals surface area contributed by atoms with E-state index in [0.717, 1.165) is 6.42 Å². The van der Waals surface area contributed by atoms with Crippen LogP contribution < -0.4 is 5.32 Å². The molecule has 6 heteroatoms. The normalized spacial score (nSPS) is 10.2. The SMILES string of the molecule is O=C(O)CCCCCNC(=O)c1cc(F)ccc1Br. The number of benzene rings is 1. The van der Waals surface area contributed by atoms with E-state index < -0.39 is 11.8 Å². The molecule has 2 N–H and O–H groups in total. The van der Waals surface area contributed by atoms with Gasteiger partial charge in [-0.1, -0.05) is 6.42 Å². The van der Waals surface area contributed by atoms with Gasteiger partial charge in [0.1, 0.15) is 5.82 Å². The highest BCUT2D eigenvalue weighted by Gasteiger charge is 2.10. The van der Waals surface area contributed by atoms with Crippen molar-refractivity contribution in [1.82, 2.24) is 5.32 Å². The maximum absolute atomic E-state index is 13.0. The van der Waals surface area contributed by atoms with Crippen molar-refractivity contribution in [3.8, 4) is 0 Å². The van der Waals surface area contributed by atoms with Crippen LogP contribution in [0.25, 0.3) is 0 Å². The lowest BCUT2D eigenvalue weighted by Gasteiger charge is -2.06. The molecule has 0 heterocycles. The molecule has 1 amide bonds. The highest BCUT2D eigenvalue weighted by atomic mass is 79.9. The van der Waals surface area contributed by atoms with Gasteiger partial charge in [0.05, 0.1) is 5.56 Å². The third-order valence-corrected chi connectivity index (χ3v) is 3.22. The van der Waals surface area contributed by atoms with Crippen molar-refractivity contribution in [2.45, 2.75) is 25.7 Å². The van der Waals surface area contributed by atoms with Gasteiger partial charge in [-0.3, -0.25) is 9.59 Å². The maximum atomic E-state index is 13.0. The number of hydrogen-bond donors (Lipinski definition) is 2. The molecule has 0 radical (unpaired) electrons. The van der Waals surface area contributed by atoms with Crippen LogP contribution in [0.15, 0.2) is 22.7 Å². The van der Waals surface area contributed by atoms with E-state index in [2.05, 4.69) is 21.2 Å².